The highest BCUT2D eigenvalue weighted by atomic mass is 32.2. The molecule has 7 heteroatoms. The zero-order valence-corrected chi connectivity index (χ0v) is 12.8. The Morgan fingerprint density at radius 1 is 1.42 bits per heavy atom. The first-order chi connectivity index (χ1) is 8.84. The number of hydrogen-bond donors (Lipinski definition) is 2. The van der Waals surface area contributed by atoms with E-state index >= 15 is 0 Å². The molecule has 0 radical (unpaired) electrons. The Morgan fingerprint density at radius 3 is 2.47 bits per heavy atom. The summed E-state index contributed by atoms with van der Waals surface area (Å²) in [5.41, 5.74) is 5.84. The predicted molar refractivity (Wildman–Crippen MR) is 75.8 cm³/mol. The monoisotopic (exact) mass is 292 g/mol. The van der Waals surface area contributed by atoms with Crippen molar-refractivity contribution >= 4 is 23.6 Å². The third kappa shape index (κ3) is 6.26. The number of thioether (sulfide) groups is 1. The van der Waals surface area contributed by atoms with Crippen molar-refractivity contribution in [1.29, 1.82) is 0 Å². The molecule has 0 spiro atoms. The minimum absolute atomic E-state index is 0.0417. The van der Waals surface area contributed by atoms with Gasteiger partial charge in [0.2, 0.25) is 0 Å². The van der Waals surface area contributed by atoms with Crippen LogP contribution in [0.4, 0.5) is 0 Å². The summed E-state index contributed by atoms with van der Waals surface area (Å²) in [5, 5.41) is 9.87. The van der Waals surface area contributed by atoms with Gasteiger partial charge in [0.15, 0.2) is 0 Å². The SMILES string of the molecule is CCOC(=O)CN(C)C(=O)C(O)[C@@H](N)C(C)SCC. The smallest absolute Gasteiger partial charge is 0.325 e. The van der Waals surface area contributed by atoms with Crippen LogP contribution in [0.3, 0.4) is 0 Å². The largest absolute Gasteiger partial charge is 0.465 e. The molecule has 0 aliphatic rings. The lowest BCUT2D eigenvalue weighted by molar-refractivity contribution is -0.151. The summed E-state index contributed by atoms with van der Waals surface area (Å²) in [6.07, 6.45) is -1.31. The Bertz CT molecular complexity index is 301. The van der Waals surface area contributed by atoms with Gasteiger partial charge in [0.25, 0.3) is 5.91 Å². The number of carbonyl (C=O) groups excluding carboxylic acids is 2. The normalized spacial score (nSPS) is 15.5. The molecule has 0 heterocycles. The summed E-state index contributed by atoms with van der Waals surface area (Å²) in [6, 6.07) is -0.665. The molecule has 0 aromatic heterocycles. The van der Waals surface area contributed by atoms with Crippen molar-refractivity contribution in [3.05, 3.63) is 0 Å². The van der Waals surface area contributed by atoms with Gasteiger partial charge >= 0.3 is 5.97 Å². The van der Waals surface area contributed by atoms with Crippen LogP contribution in [0.25, 0.3) is 0 Å². The van der Waals surface area contributed by atoms with Crippen molar-refractivity contribution in [2.45, 2.75) is 38.2 Å². The van der Waals surface area contributed by atoms with Gasteiger partial charge in [-0.15, -0.1) is 0 Å². The van der Waals surface area contributed by atoms with Crippen molar-refractivity contribution in [3.63, 3.8) is 0 Å². The van der Waals surface area contributed by atoms with Gasteiger partial charge in [-0.3, -0.25) is 9.59 Å². The van der Waals surface area contributed by atoms with Gasteiger partial charge in [-0.2, -0.15) is 11.8 Å². The van der Waals surface area contributed by atoms with Gasteiger partial charge in [-0.25, -0.2) is 0 Å². The van der Waals surface area contributed by atoms with Gasteiger partial charge in [-0.1, -0.05) is 13.8 Å². The summed E-state index contributed by atoms with van der Waals surface area (Å²) >= 11 is 1.57. The number of esters is 1. The van der Waals surface area contributed by atoms with Crippen molar-refractivity contribution in [3.8, 4) is 0 Å². The van der Waals surface area contributed by atoms with Gasteiger partial charge in [0.05, 0.1) is 12.6 Å². The highest BCUT2D eigenvalue weighted by Crippen LogP contribution is 2.15. The number of likely N-dealkylation sites (N-methyl/N-ethyl adjacent to an activating group) is 1. The molecular weight excluding hydrogens is 268 g/mol. The molecule has 0 aromatic rings. The Kier molecular flexibility index (Phi) is 8.79. The fourth-order valence-electron chi connectivity index (χ4n) is 1.50. The maximum atomic E-state index is 11.9. The summed E-state index contributed by atoms with van der Waals surface area (Å²) in [7, 11) is 1.44. The molecule has 0 fully saturated rings. The number of amides is 1. The number of nitrogens with zero attached hydrogens (tertiary/aromatic N) is 1. The van der Waals surface area contributed by atoms with Crippen LogP contribution in [0.15, 0.2) is 0 Å². The third-order valence-electron chi connectivity index (χ3n) is 2.64. The van der Waals surface area contributed by atoms with Crippen molar-refractivity contribution in [1.82, 2.24) is 4.90 Å². The summed E-state index contributed by atoms with van der Waals surface area (Å²) in [5.74, 6) is -0.215. The van der Waals surface area contributed by atoms with Crippen LogP contribution < -0.4 is 5.73 Å². The van der Waals surface area contributed by atoms with E-state index in [1.807, 2.05) is 13.8 Å². The number of nitrogens with two attached hydrogens (primary N) is 1. The van der Waals surface area contributed by atoms with E-state index in [0.717, 1.165) is 10.7 Å². The molecule has 0 aliphatic carbocycles. The van der Waals surface area contributed by atoms with E-state index in [2.05, 4.69) is 0 Å². The van der Waals surface area contributed by atoms with Crippen LogP contribution in [-0.4, -0.2) is 65.2 Å². The standard InChI is InChI=1S/C12H24N2O4S/c1-5-18-9(15)7-14(4)12(17)11(16)10(13)8(3)19-6-2/h8,10-11,16H,5-7,13H2,1-4H3/t8?,10-,11?/m0/s1. The van der Waals surface area contributed by atoms with E-state index in [4.69, 9.17) is 10.5 Å². The average molecular weight is 292 g/mol. The first kappa shape index (κ1) is 18.2. The van der Waals surface area contributed by atoms with E-state index in [1.54, 1.807) is 18.7 Å². The topological polar surface area (TPSA) is 92.9 Å². The van der Waals surface area contributed by atoms with E-state index in [1.165, 1.54) is 7.05 Å². The molecule has 6 nitrogen and oxygen atoms in total. The first-order valence-corrected chi connectivity index (χ1v) is 7.35. The molecule has 0 aromatic carbocycles. The molecule has 0 rings (SSSR count). The average Bonchev–Trinajstić information content (AvgIpc) is 2.36. The van der Waals surface area contributed by atoms with E-state index < -0.39 is 24.0 Å². The fraction of sp³-hybridized carbons (Fsp3) is 0.833. The quantitative estimate of drug-likeness (QED) is 0.604. The predicted octanol–water partition coefficient (Wildman–Crippen LogP) is -0.162. The number of aliphatic hydroxyl groups excluding tert-OH is 1. The van der Waals surface area contributed by atoms with Crippen LogP contribution in [0.1, 0.15) is 20.8 Å². The number of aliphatic hydroxyl groups is 1. The highest BCUT2D eigenvalue weighted by molar-refractivity contribution is 7.99. The Hall–Kier alpha value is -0.790. The van der Waals surface area contributed by atoms with E-state index in [9.17, 15) is 14.7 Å². The Morgan fingerprint density at radius 2 is 2.00 bits per heavy atom. The molecule has 0 saturated heterocycles. The van der Waals surface area contributed by atoms with Crippen LogP contribution in [0.2, 0.25) is 0 Å². The molecule has 3 atom stereocenters. The number of carbonyl (C=O) groups is 2. The molecule has 3 N–H and O–H groups in total. The molecule has 0 saturated carbocycles. The zero-order chi connectivity index (χ0) is 15.0. The molecule has 2 unspecified atom stereocenters. The van der Waals surface area contributed by atoms with Crippen LogP contribution in [0.5, 0.6) is 0 Å². The number of rotatable bonds is 8. The fourth-order valence-corrected chi connectivity index (χ4v) is 2.40. The third-order valence-corrected chi connectivity index (χ3v) is 3.81. The molecule has 112 valence electrons. The van der Waals surface area contributed by atoms with Gasteiger partial charge in [-0.05, 0) is 12.7 Å². The first-order valence-electron chi connectivity index (χ1n) is 6.30. The molecule has 0 bridgehead atoms. The second-order valence-corrected chi connectivity index (χ2v) is 5.84. The molecule has 19 heavy (non-hydrogen) atoms. The Balaban J connectivity index is 4.42. The van der Waals surface area contributed by atoms with Crippen LogP contribution >= 0.6 is 11.8 Å². The van der Waals surface area contributed by atoms with Crippen LogP contribution in [-0.2, 0) is 14.3 Å². The summed E-state index contributed by atoms with van der Waals surface area (Å²) in [6.45, 7) is 5.60. The maximum Gasteiger partial charge on any atom is 0.325 e. The van der Waals surface area contributed by atoms with Gasteiger partial charge < -0.3 is 20.5 Å². The Labute approximate surface area is 118 Å². The van der Waals surface area contributed by atoms with E-state index in [0.29, 0.717) is 0 Å². The van der Waals surface area contributed by atoms with Crippen LogP contribution in [0, 0.1) is 0 Å². The van der Waals surface area contributed by atoms with Gasteiger partial charge in [0, 0.05) is 12.3 Å². The lowest BCUT2D eigenvalue weighted by atomic mass is 10.1. The highest BCUT2D eigenvalue weighted by Gasteiger charge is 2.30. The van der Waals surface area contributed by atoms with E-state index in [-0.39, 0.29) is 18.4 Å². The number of ether oxygens (including phenoxy) is 1. The minimum atomic E-state index is -1.31. The lowest BCUT2D eigenvalue weighted by Gasteiger charge is -2.26. The van der Waals surface area contributed by atoms with Gasteiger partial charge in [0.1, 0.15) is 12.6 Å². The van der Waals surface area contributed by atoms with Crippen molar-refractivity contribution in [2.75, 3.05) is 26.0 Å². The summed E-state index contributed by atoms with van der Waals surface area (Å²) in [4.78, 5) is 24.3. The molecule has 0 aliphatic heterocycles. The van der Waals surface area contributed by atoms with Crippen molar-refractivity contribution in [2.24, 2.45) is 5.73 Å². The van der Waals surface area contributed by atoms with Crippen molar-refractivity contribution < 1.29 is 19.4 Å². The molecular formula is C12H24N2O4S. The zero-order valence-electron chi connectivity index (χ0n) is 12.0. The second kappa shape index (κ2) is 9.17. The molecule has 1 amide bonds. The lowest BCUT2D eigenvalue weighted by Crippen LogP contribution is -2.51. The minimum Gasteiger partial charge on any atom is -0.465 e. The second-order valence-electron chi connectivity index (χ2n) is 4.18. The maximum absolute atomic E-state index is 11.9. The summed E-state index contributed by atoms with van der Waals surface area (Å²) < 4.78 is 4.74. The number of hydrogen-bond acceptors (Lipinski definition) is 6.